The SMILES string of the molecule is O=C(OCc1ccccc1)N1CCC(F)(F)C1CNc1cnc(C(F)(F)F)cn1. The maximum Gasteiger partial charge on any atom is 0.434 e. The van der Waals surface area contributed by atoms with Gasteiger partial charge in [-0.05, 0) is 5.56 Å². The van der Waals surface area contributed by atoms with E-state index >= 15 is 0 Å². The van der Waals surface area contributed by atoms with Crippen LogP contribution in [0.1, 0.15) is 17.7 Å². The van der Waals surface area contributed by atoms with E-state index in [2.05, 4.69) is 15.3 Å². The molecule has 1 N–H and O–H groups in total. The van der Waals surface area contributed by atoms with Crippen molar-refractivity contribution < 1.29 is 31.5 Å². The van der Waals surface area contributed by atoms with Crippen LogP contribution in [-0.4, -0.2) is 46.0 Å². The fourth-order valence-corrected chi connectivity index (χ4v) is 2.87. The van der Waals surface area contributed by atoms with Crippen LogP contribution in [0.2, 0.25) is 0 Å². The van der Waals surface area contributed by atoms with Gasteiger partial charge in [-0.1, -0.05) is 30.3 Å². The maximum absolute atomic E-state index is 14.2. The third-order valence-electron chi connectivity index (χ3n) is 4.41. The first-order valence-corrected chi connectivity index (χ1v) is 8.65. The summed E-state index contributed by atoms with van der Waals surface area (Å²) in [6, 6.07) is 7.23. The van der Waals surface area contributed by atoms with Gasteiger partial charge in [0, 0.05) is 19.5 Å². The van der Waals surface area contributed by atoms with Gasteiger partial charge in [0.2, 0.25) is 0 Å². The van der Waals surface area contributed by atoms with Crippen LogP contribution in [0.25, 0.3) is 0 Å². The molecule has 0 bridgehead atoms. The van der Waals surface area contributed by atoms with E-state index in [4.69, 9.17) is 4.74 Å². The van der Waals surface area contributed by atoms with E-state index in [0.717, 1.165) is 11.1 Å². The quantitative estimate of drug-likeness (QED) is 0.748. The molecule has 1 aromatic heterocycles. The Labute approximate surface area is 162 Å². The van der Waals surface area contributed by atoms with Crippen LogP contribution in [-0.2, 0) is 17.5 Å². The number of ether oxygens (including phenoxy) is 1. The summed E-state index contributed by atoms with van der Waals surface area (Å²) in [5.74, 6) is -3.30. The Kier molecular flexibility index (Phi) is 5.85. The Morgan fingerprint density at radius 1 is 1.21 bits per heavy atom. The van der Waals surface area contributed by atoms with Gasteiger partial charge in [-0.3, -0.25) is 4.90 Å². The fraction of sp³-hybridized carbons (Fsp3) is 0.389. The van der Waals surface area contributed by atoms with E-state index in [1.807, 2.05) is 0 Å². The number of aromatic nitrogens is 2. The minimum Gasteiger partial charge on any atom is -0.445 e. The van der Waals surface area contributed by atoms with Gasteiger partial charge in [-0.25, -0.2) is 23.5 Å². The van der Waals surface area contributed by atoms with Crippen LogP contribution in [0.15, 0.2) is 42.7 Å². The van der Waals surface area contributed by atoms with E-state index in [1.165, 1.54) is 0 Å². The summed E-state index contributed by atoms with van der Waals surface area (Å²) >= 11 is 0. The Morgan fingerprint density at radius 3 is 2.55 bits per heavy atom. The van der Waals surface area contributed by atoms with E-state index in [9.17, 15) is 26.7 Å². The Bertz CT molecular complexity index is 830. The van der Waals surface area contributed by atoms with Crippen LogP contribution >= 0.6 is 0 Å². The highest BCUT2D eigenvalue weighted by molar-refractivity contribution is 5.69. The zero-order valence-electron chi connectivity index (χ0n) is 15.0. The second kappa shape index (κ2) is 8.18. The molecule has 0 saturated carbocycles. The Balaban J connectivity index is 1.61. The number of nitrogens with zero attached hydrogens (tertiary/aromatic N) is 3. The first kappa shape index (κ1) is 20.7. The number of amides is 1. The fourth-order valence-electron chi connectivity index (χ4n) is 2.87. The molecule has 1 aromatic carbocycles. The van der Waals surface area contributed by atoms with Crippen molar-refractivity contribution in [3.63, 3.8) is 0 Å². The molecule has 2 aromatic rings. The molecule has 0 aliphatic carbocycles. The predicted molar refractivity (Wildman–Crippen MR) is 92.2 cm³/mol. The minimum atomic E-state index is -4.65. The summed E-state index contributed by atoms with van der Waals surface area (Å²) in [7, 11) is 0. The first-order chi connectivity index (χ1) is 13.7. The average Bonchev–Trinajstić information content (AvgIpc) is 2.99. The summed E-state index contributed by atoms with van der Waals surface area (Å²) in [6.07, 6.45) is -4.78. The minimum absolute atomic E-state index is 0.0632. The molecule has 1 amide bonds. The van der Waals surface area contributed by atoms with Crippen molar-refractivity contribution in [2.75, 3.05) is 18.4 Å². The molecular formula is C18H17F5N4O2. The first-order valence-electron chi connectivity index (χ1n) is 8.65. The van der Waals surface area contributed by atoms with Gasteiger partial charge in [-0.15, -0.1) is 0 Å². The average molecular weight is 416 g/mol. The lowest BCUT2D eigenvalue weighted by Crippen LogP contribution is -2.47. The number of hydrogen-bond acceptors (Lipinski definition) is 5. The maximum atomic E-state index is 14.2. The van der Waals surface area contributed by atoms with Gasteiger partial charge < -0.3 is 10.1 Å². The number of likely N-dealkylation sites (tertiary alicyclic amines) is 1. The number of nitrogens with one attached hydrogen (secondary N) is 1. The van der Waals surface area contributed by atoms with E-state index in [-0.39, 0.29) is 19.0 Å². The third-order valence-corrected chi connectivity index (χ3v) is 4.41. The number of benzene rings is 1. The van der Waals surface area contributed by atoms with Gasteiger partial charge in [0.15, 0.2) is 5.69 Å². The molecule has 1 saturated heterocycles. The molecule has 156 valence electrons. The summed E-state index contributed by atoms with van der Waals surface area (Å²) in [5.41, 5.74) is -0.484. The largest absolute Gasteiger partial charge is 0.445 e. The van der Waals surface area contributed by atoms with E-state index in [0.29, 0.717) is 11.8 Å². The van der Waals surface area contributed by atoms with Crippen LogP contribution in [0.4, 0.5) is 32.6 Å². The number of hydrogen-bond donors (Lipinski definition) is 1. The highest BCUT2D eigenvalue weighted by Crippen LogP contribution is 2.34. The predicted octanol–water partition coefficient (Wildman–Crippen LogP) is 3.95. The molecular weight excluding hydrogens is 399 g/mol. The van der Waals surface area contributed by atoms with Gasteiger partial charge in [-0.2, -0.15) is 13.2 Å². The lowest BCUT2D eigenvalue weighted by atomic mass is 10.1. The molecule has 6 nitrogen and oxygen atoms in total. The normalized spacial score (nSPS) is 18.5. The van der Waals surface area contributed by atoms with Crippen molar-refractivity contribution in [3.05, 3.63) is 54.0 Å². The smallest absolute Gasteiger partial charge is 0.434 e. The molecule has 11 heteroatoms. The van der Waals surface area contributed by atoms with Crippen molar-refractivity contribution >= 4 is 11.9 Å². The molecule has 0 radical (unpaired) electrons. The molecule has 1 aliphatic heterocycles. The molecule has 1 unspecified atom stereocenters. The molecule has 3 rings (SSSR count). The Hall–Kier alpha value is -2.98. The van der Waals surface area contributed by atoms with Crippen molar-refractivity contribution in [1.82, 2.24) is 14.9 Å². The molecule has 29 heavy (non-hydrogen) atoms. The summed E-state index contributed by atoms with van der Waals surface area (Å²) < 4.78 is 71.1. The second-order valence-electron chi connectivity index (χ2n) is 6.43. The third kappa shape index (κ3) is 5.09. The lowest BCUT2D eigenvalue weighted by Gasteiger charge is -2.27. The number of rotatable bonds is 5. The van der Waals surface area contributed by atoms with Gasteiger partial charge in [0.1, 0.15) is 18.5 Å². The highest BCUT2D eigenvalue weighted by atomic mass is 19.4. The highest BCUT2D eigenvalue weighted by Gasteiger charge is 2.51. The molecule has 1 fully saturated rings. The zero-order chi connectivity index (χ0) is 21.1. The van der Waals surface area contributed by atoms with E-state index < -0.39 is 42.9 Å². The Morgan fingerprint density at radius 2 is 1.93 bits per heavy atom. The number of alkyl halides is 5. The van der Waals surface area contributed by atoms with Crippen LogP contribution < -0.4 is 5.32 Å². The monoisotopic (exact) mass is 416 g/mol. The summed E-state index contributed by atoms with van der Waals surface area (Å²) in [6.45, 7) is -0.689. The summed E-state index contributed by atoms with van der Waals surface area (Å²) in [5, 5.41) is 2.51. The van der Waals surface area contributed by atoms with Crippen molar-refractivity contribution in [1.29, 1.82) is 0 Å². The zero-order valence-corrected chi connectivity index (χ0v) is 15.0. The summed E-state index contributed by atoms with van der Waals surface area (Å²) in [4.78, 5) is 19.9. The van der Waals surface area contributed by atoms with E-state index in [1.54, 1.807) is 30.3 Å². The van der Waals surface area contributed by atoms with Crippen molar-refractivity contribution in [2.24, 2.45) is 0 Å². The van der Waals surface area contributed by atoms with Crippen LogP contribution in [0.5, 0.6) is 0 Å². The topological polar surface area (TPSA) is 67.3 Å². The second-order valence-corrected chi connectivity index (χ2v) is 6.43. The lowest BCUT2D eigenvalue weighted by molar-refractivity contribution is -0.141. The molecule has 1 aliphatic rings. The standard InChI is InChI=1S/C18H17F5N4O2/c19-17(20)6-7-27(16(28)29-11-12-4-2-1-3-5-12)14(17)9-26-15-10-24-13(8-25-15)18(21,22)23/h1-5,8,10,14H,6-7,9,11H2,(H,25,26). The number of carbonyl (C=O) groups is 1. The van der Waals surface area contributed by atoms with Crippen molar-refractivity contribution in [3.8, 4) is 0 Å². The number of carbonyl (C=O) groups excluding carboxylic acids is 1. The molecule has 1 atom stereocenters. The molecule has 2 heterocycles. The van der Waals surface area contributed by atoms with Gasteiger partial charge in [0.25, 0.3) is 5.92 Å². The van der Waals surface area contributed by atoms with Crippen LogP contribution in [0.3, 0.4) is 0 Å². The molecule has 0 spiro atoms. The van der Waals surface area contributed by atoms with Gasteiger partial charge in [0.05, 0.1) is 12.4 Å². The number of halogens is 5. The van der Waals surface area contributed by atoms with Crippen molar-refractivity contribution in [2.45, 2.75) is 31.2 Å². The van der Waals surface area contributed by atoms with Gasteiger partial charge >= 0.3 is 12.3 Å². The van der Waals surface area contributed by atoms with Crippen LogP contribution in [0, 0.1) is 0 Å². The number of anilines is 1.